The van der Waals surface area contributed by atoms with E-state index in [4.69, 9.17) is 5.11 Å². The molecule has 0 atom stereocenters. The minimum Gasteiger partial charge on any atom is -0.478 e. The third-order valence-electron chi connectivity index (χ3n) is 2.73. The van der Waals surface area contributed by atoms with Crippen molar-refractivity contribution in [1.82, 2.24) is 9.38 Å². The maximum atomic E-state index is 11.2. The van der Waals surface area contributed by atoms with E-state index in [0.717, 1.165) is 17.9 Å². The van der Waals surface area contributed by atoms with Crippen molar-refractivity contribution in [3.63, 3.8) is 0 Å². The molecule has 0 saturated heterocycles. The predicted octanol–water partition coefficient (Wildman–Crippen LogP) is 2.54. The van der Waals surface area contributed by atoms with Gasteiger partial charge in [-0.3, -0.25) is 0 Å². The molecule has 0 saturated carbocycles. The molecule has 2 rings (SSSR count). The lowest BCUT2D eigenvalue weighted by Gasteiger charge is -2.05. The number of carbonyl (C=O) groups is 1. The normalized spacial score (nSPS) is 11.3. The fourth-order valence-corrected chi connectivity index (χ4v) is 2.07. The molecule has 2 heterocycles. The molecule has 0 aliphatic heterocycles. The van der Waals surface area contributed by atoms with Gasteiger partial charge in [0, 0.05) is 12.6 Å². The Morgan fingerprint density at radius 3 is 2.82 bits per heavy atom. The second-order valence-corrected chi connectivity index (χ2v) is 4.66. The Kier molecular flexibility index (Phi) is 2.88. The summed E-state index contributed by atoms with van der Waals surface area (Å²) in [5, 5.41) is 9.16. The molecule has 0 radical (unpaired) electrons. The average Bonchev–Trinajstić information content (AvgIpc) is 2.55. The average molecular weight is 232 g/mol. The second-order valence-electron chi connectivity index (χ2n) is 4.66. The topological polar surface area (TPSA) is 54.6 Å². The van der Waals surface area contributed by atoms with Gasteiger partial charge in [0.15, 0.2) is 0 Å². The molecule has 0 aliphatic carbocycles. The Hall–Kier alpha value is -1.84. The number of hydrogen-bond acceptors (Lipinski definition) is 2. The molecular formula is C13H16N2O2. The maximum Gasteiger partial charge on any atom is 0.337 e. The third-order valence-corrected chi connectivity index (χ3v) is 2.73. The summed E-state index contributed by atoms with van der Waals surface area (Å²) in [5.74, 6) is 0.513. The van der Waals surface area contributed by atoms with Crippen molar-refractivity contribution >= 4 is 11.5 Å². The number of aromatic carboxylic acids is 1. The minimum absolute atomic E-state index is 0.313. The molecule has 2 aromatic rings. The first-order valence-corrected chi connectivity index (χ1v) is 5.70. The molecular weight excluding hydrogens is 216 g/mol. The number of carboxylic acids is 1. The molecule has 0 unspecified atom stereocenters. The predicted molar refractivity (Wildman–Crippen MR) is 65.4 cm³/mol. The maximum absolute atomic E-state index is 11.2. The van der Waals surface area contributed by atoms with Gasteiger partial charge in [0.25, 0.3) is 0 Å². The van der Waals surface area contributed by atoms with Crippen molar-refractivity contribution in [2.45, 2.75) is 27.2 Å². The van der Waals surface area contributed by atoms with E-state index in [0.29, 0.717) is 17.0 Å². The second kappa shape index (κ2) is 4.20. The molecule has 2 aromatic heterocycles. The van der Waals surface area contributed by atoms with E-state index in [-0.39, 0.29) is 0 Å². The van der Waals surface area contributed by atoms with Crippen LogP contribution in [0.15, 0.2) is 18.3 Å². The number of fused-ring (bicyclic) bond motifs is 1. The molecule has 0 fully saturated rings. The third kappa shape index (κ3) is 2.02. The number of pyridine rings is 1. The van der Waals surface area contributed by atoms with Crippen molar-refractivity contribution in [2.24, 2.45) is 5.92 Å². The van der Waals surface area contributed by atoms with Crippen LogP contribution in [-0.4, -0.2) is 20.5 Å². The fourth-order valence-electron chi connectivity index (χ4n) is 2.07. The molecule has 0 bridgehead atoms. The number of hydrogen-bond donors (Lipinski definition) is 1. The van der Waals surface area contributed by atoms with Crippen LogP contribution >= 0.6 is 0 Å². The summed E-state index contributed by atoms with van der Waals surface area (Å²) in [6.45, 7) is 6.10. The SMILES string of the molecule is Cc1nc(CC(C)C)n2cccc(C(=O)O)c12. The van der Waals surface area contributed by atoms with E-state index in [1.165, 1.54) is 0 Å². The van der Waals surface area contributed by atoms with Crippen LogP contribution in [0.3, 0.4) is 0 Å². The molecule has 0 spiro atoms. The van der Waals surface area contributed by atoms with Crippen LogP contribution < -0.4 is 0 Å². The first-order chi connectivity index (χ1) is 8.00. The number of carboxylic acid groups (broad SMARTS) is 1. The molecule has 90 valence electrons. The van der Waals surface area contributed by atoms with Crippen molar-refractivity contribution in [3.8, 4) is 0 Å². The van der Waals surface area contributed by atoms with E-state index in [2.05, 4.69) is 18.8 Å². The van der Waals surface area contributed by atoms with Gasteiger partial charge in [-0.05, 0) is 25.0 Å². The molecule has 17 heavy (non-hydrogen) atoms. The van der Waals surface area contributed by atoms with E-state index in [1.54, 1.807) is 12.1 Å². The van der Waals surface area contributed by atoms with Gasteiger partial charge in [0.05, 0.1) is 16.8 Å². The van der Waals surface area contributed by atoms with Gasteiger partial charge < -0.3 is 9.51 Å². The van der Waals surface area contributed by atoms with Crippen molar-refractivity contribution in [3.05, 3.63) is 35.4 Å². The Morgan fingerprint density at radius 1 is 1.53 bits per heavy atom. The number of aromatic nitrogens is 2. The van der Waals surface area contributed by atoms with E-state index in [9.17, 15) is 4.79 Å². The summed E-state index contributed by atoms with van der Waals surface area (Å²) in [7, 11) is 0. The summed E-state index contributed by atoms with van der Waals surface area (Å²) >= 11 is 0. The fraction of sp³-hybridized carbons (Fsp3) is 0.385. The zero-order valence-electron chi connectivity index (χ0n) is 10.3. The summed E-state index contributed by atoms with van der Waals surface area (Å²) < 4.78 is 1.89. The first kappa shape index (κ1) is 11.6. The lowest BCUT2D eigenvalue weighted by atomic mass is 10.1. The van der Waals surface area contributed by atoms with E-state index >= 15 is 0 Å². The summed E-state index contributed by atoms with van der Waals surface area (Å²) in [6, 6.07) is 3.37. The zero-order chi connectivity index (χ0) is 12.6. The van der Waals surface area contributed by atoms with Gasteiger partial charge in [-0.1, -0.05) is 13.8 Å². The van der Waals surface area contributed by atoms with Crippen LogP contribution in [0, 0.1) is 12.8 Å². The van der Waals surface area contributed by atoms with Gasteiger partial charge in [0.2, 0.25) is 0 Å². The highest BCUT2D eigenvalue weighted by Crippen LogP contribution is 2.19. The monoisotopic (exact) mass is 232 g/mol. The van der Waals surface area contributed by atoms with Crippen LogP contribution in [0.25, 0.3) is 5.52 Å². The van der Waals surface area contributed by atoms with E-state index in [1.807, 2.05) is 17.5 Å². The largest absolute Gasteiger partial charge is 0.478 e. The Labute approximate surface area is 99.9 Å². The molecule has 4 nitrogen and oxygen atoms in total. The summed E-state index contributed by atoms with van der Waals surface area (Å²) in [4.78, 5) is 15.6. The number of rotatable bonds is 3. The highest BCUT2D eigenvalue weighted by Gasteiger charge is 2.15. The smallest absolute Gasteiger partial charge is 0.337 e. The van der Waals surface area contributed by atoms with Gasteiger partial charge in [0.1, 0.15) is 5.82 Å². The van der Waals surface area contributed by atoms with Crippen LogP contribution in [0.4, 0.5) is 0 Å². The summed E-state index contributed by atoms with van der Waals surface area (Å²) in [6.07, 6.45) is 2.72. The van der Waals surface area contributed by atoms with Crippen molar-refractivity contribution < 1.29 is 9.90 Å². The van der Waals surface area contributed by atoms with Crippen LogP contribution in [0.2, 0.25) is 0 Å². The Balaban J connectivity index is 2.68. The highest BCUT2D eigenvalue weighted by atomic mass is 16.4. The molecule has 0 aromatic carbocycles. The Morgan fingerprint density at radius 2 is 2.24 bits per heavy atom. The van der Waals surface area contributed by atoms with E-state index < -0.39 is 5.97 Å². The zero-order valence-corrected chi connectivity index (χ0v) is 10.3. The van der Waals surface area contributed by atoms with Gasteiger partial charge >= 0.3 is 5.97 Å². The van der Waals surface area contributed by atoms with Crippen LogP contribution in [-0.2, 0) is 6.42 Å². The standard InChI is InChI=1S/C13H16N2O2/c1-8(2)7-11-14-9(3)12-10(13(16)17)5-4-6-15(11)12/h4-6,8H,7H2,1-3H3,(H,16,17). The van der Waals surface area contributed by atoms with Gasteiger partial charge in [-0.15, -0.1) is 0 Å². The van der Waals surface area contributed by atoms with Crippen LogP contribution in [0.1, 0.15) is 35.7 Å². The van der Waals surface area contributed by atoms with Crippen molar-refractivity contribution in [2.75, 3.05) is 0 Å². The minimum atomic E-state index is -0.908. The molecule has 0 aliphatic rings. The lowest BCUT2D eigenvalue weighted by Crippen LogP contribution is -2.03. The van der Waals surface area contributed by atoms with Gasteiger partial charge in [-0.25, -0.2) is 9.78 Å². The number of aryl methyl sites for hydroxylation is 1. The molecule has 0 amide bonds. The molecule has 1 N–H and O–H groups in total. The van der Waals surface area contributed by atoms with Crippen molar-refractivity contribution in [1.29, 1.82) is 0 Å². The number of nitrogens with zero attached hydrogens (tertiary/aromatic N) is 2. The quantitative estimate of drug-likeness (QED) is 0.884. The number of imidazole rings is 1. The molecule has 4 heteroatoms. The van der Waals surface area contributed by atoms with Gasteiger partial charge in [-0.2, -0.15) is 0 Å². The van der Waals surface area contributed by atoms with Crippen LogP contribution in [0.5, 0.6) is 0 Å². The first-order valence-electron chi connectivity index (χ1n) is 5.70. The highest BCUT2D eigenvalue weighted by molar-refractivity contribution is 5.96. The lowest BCUT2D eigenvalue weighted by molar-refractivity contribution is 0.0698. The summed E-state index contributed by atoms with van der Waals surface area (Å²) in [5.41, 5.74) is 1.79. The Bertz CT molecular complexity index is 570.